The first-order chi connectivity index (χ1) is 12.4. The molecule has 0 aromatic heterocycles. The van der Waals surface area contributed by atoms with E-state index in [1.807, 2.05) is 12.1 Å². The molecule has 0 aliphatic heterocycles. The van der Waals surface area contributed by atoms with Crippen LogP contribution in [0, 0.1) is 20.8 Å². The van der Waals surface area contributed by atoms with Gasteiger partial charge >= 0.3 is 170 Å². The van der Waals surface area contributed by atoms with Crippen LogP contribution in [0.1, 0.15) is 16.7 Å². The van der Waals surface area contributed by atoms with E-state index in [2.05, 4.69) is 81.4 Å². The molecule has 0 atom stereocenters. The molecule has 0 N–H and O–H groups in total. The minimum atomic E-state index is -3.02. The third-order valence-corrected chi connectivity index (χ3v) is 17.3. The molecule has 1 nitrogen and oxygen atoms in total. The minimum absolute atomic E-state index is 0.859. The van der Waals surface area contributed by atoms with Gasteiger partial charge in [0.05, 0.1) is 0 Å². The quantitative estimate of drug-likeness (QED) is 0.359. The summed E-state index contributed by atoms with van der Waals surface area (Å²) in [5.41, 5.74) is 3.72. The zero-order valence-corrected chi connectivity index (χ0v) is 19.3. The van der Waals surface area contributed by atoms with Gasteiger partial charge in [-0.3, -0.25) is 0 Å². The van der Waals surface area contributed by atoms with Gasteiger partial charge in [0.2, 0.25) is 0 Å². The van der Waals surface area contributed by atoms with Gasteiger partial charge in [-0.25, -0.2) is 0 Å². The summed E-state index contributed by atoms with van der Waals surface area (Å²) in [6, 6.07) is 25.2. The fraction of sp³-hybridized carbons (Fsp3) is 0.143. The molecule has 0 saturated carbocycles. The van der Waals surface area contributed by atoms with Gasteiger partial charge < -0.3 is 0 Å². The Morgan fingerprint density at radius 1 is 0.615 bits per heavy atom. The average Bonchev–Trinajstić information content (AvgIpc) is 2.61. The molecule has 0 amide bonds. The molecule has 3 aromatic rings. The molecule has 3 rings (SSSR count). The SMILES string of the molecule is Cc1ccc(O[As](=S)(Sc2ccc(C)cc2)Sc2ccc(C)cc2)cc1. The molecule has 26 heavy (non-hydrogen) atoms. The number of benzene rings is 3. The average molecular weight is 461 g/mol. The van der Waals surface area contributed by atoms with Crippen LogP contribution in [-0.2, 0) is 0 Å². The van der Waals surface area contributed by atoms with E-state index in [0.717, 1.165) is 5.75 Å². The predicted molar refractivity (Wildman–Crippen MR) is 119 cm³/mol. The molecule has 5 heteroatoms. The van der Waals surface area contributed by atoms with Gasteiger partial charge in [0.25, 0.3) is 0 Å². The summed E-state index contributed by atoms with van der Waals surface area (Å²) < 4.78 is 6.44. The number of aryl methyl sites for hydroxylation is 3. The summed E-state index contributed by atoms with van der Waals surface area (Å²) in [5.74, 6) is 0.859. The van der Waals surface area contributed by atoms with E-state index in [0.29, 0.717) is 0 Å². The molecule has 0 radical (unpaired) electrons. The first kappa shape index (κ1) is 19.7. The van der Waals surface area contributed by atoms with Crippen molar-refractivity contribution < 1.29 is 3.73 Å². The van der Waals surface area contributed by atoms with E-state index in [4.69, 9.17) is 14.1 Å². The monoisotopic (exact) mass is 460 g/mol. The molecular weight excluding hydrogens is 439 g/mol. The summed E-state index contributed by atoms with van der Waals surface area (Å²) in [4.78, 5) is 2.34. The van der Waals surface area contributed by atoms with Crippen LogP contribution in [0.2, 0.25) is 0 Å². The van der Waals surface area contributed by atoms with E-state index < -0.39 is 9.91 Å². The van der Waals surface area contributed by atoms with Crippen LogP contribution in [0.4, 0.5) is 0 Å². The zero-order chi connectivity index (χ0) is 18.6. The van der Waals surface area contributed by atoms with Gasteiger partial charge in [-0.05, 0) is 0 Å². The summed E-state index contributed by atoms with van der Waals surface area (Å²) in [6.07, 6.45) is 0. The van der Waals surface area contributed by atoms with Crippen LogP contribution in [0.25, 0.3) is 0 Å². The topological polar surface area (TPSA) is 9.23 Å². The van der Waals surface area contributed by atoms with Gasteiger partial charge in [-0.1, -0.05) is 0 Å². The number of hydrogen-bond donors (Lipinski definition) is 0. The molecular formula is C21H21AsOS3. The third-order valence-electron chi connectivity index (χ3n) is 3.71. The van der Waals surface area contributed by atoms with E-state index in [-0.39, 0.29) is 0 Å². The molecule has 0 spiro atoms. The second-order valence-corrected chi connectivity index (χ2v) is 23.6. The summed E-state index contributed by atoms with van der Waals surface area (Å²) in [6.45, 7) is 6.27. The van der Waals surface area contributed by atoms with Crippen molar-refractivity contribution in [3.8, 4) is 5.75 Å². The maximum absolute atomic E-state index is 6.44. The number of hydrogen-bond acceptors (Lipinski definition) is 4. The van der Waals surface area contributed by atoms with Gasteiger partial charge in [0.15, 0.2) is 0 Å². The van der Waals surface area contributed by atoms with E-state index in [1.165, 1.54) is 26.5 Å². The molecule has 3 aromatic carbocycles. The molecule has 0 bridgehead atoms. The summed E-state index contributed by atoms with van der Waals surface area (Å²) in [7, 11) is 6.56. The Morgan fingerprint density at radius 2 is 0.962 bits per heavy atom. The summed E-state index contributed by atoms with van der Waals surface area (Å²) in [5, 5.41) is 0. The Kier molecular flexibility index (Phi) is 6.63. The normalized spacial score (nSPS) is 11.3. The van der Waals surface area contributed by atoms with Crippen LogP contribution in [0.15, 0.2) is 82.6 Å². The Balaban J connectivity index is 1.88. The molecule has 0 unspecified atom stereocenters. The van der Waals surface area contributed by atoms with E-state index >= 15 is 0 Å². The van der Waals surface area contributed by atoms with Crippen LogP contribution in [0.5, 0.6) is 5.75 Å². The van der Waals surface area contributed by atoms with Crippen LogP contribution < -0.4 is 3.73 Å². The molecule has 0 saturated heterocycles. The van der Waals surface area contributed by atoms with E-state index in [1.54, 1.807) is 20.0 Å². The van der Waals surface area contributed by atoms with Crippen LogP contribution in [0.3, 0.4) is 0 Å². The second-order valence-electron chi connectivity index (χ2n) is 6.16. The Hall–Kier alpha value is -1.06. The second kappa shape index (κ2) is 8.75. The fourth-order valence-corrected chi connectivity index (χ4v) is 17.0. The van der Waals surface area contributed by atoms with Crippen molar-refractivity contribution in [2.24, 2.45) is 0 Å². The van der Waals surface area contributed by atoms with Crippen LogP contribution in [-0.4, -0.2) is 9.91 Å². The predicted octanol–water partition coefficient (Wildman–Crippen LogP) is 7.21. The van der Waals surface area contributed by atoms with Gasteiger partial charge in [-0.15, -0.1) is 0 Å². The van der Waals surface area contributed by atoms with Crippen molar-refractivity contribution in [3.63, 3.8) is 0 Å². The Bertz CT molecular complexity index is 781. The van der Waals surface area contributed by atoms with Crippen LogP contribution >= 0.6 is 30.4 Å². The number of rotatable bonds is 6. The van der Waals surface area contributed by atoms with E-state index in [9.17, 15) is 0 Å². The molecule has 134 valence electrons. The van der Waals surface area contributed by atoms with Crippen molar-refractivity contribution >= 4 is 40.3 Å². The Morgan fingerprint density at radius 3 is 1.35 bits per heavy atom. The maximum atomic E-state index is 6.44. The Labute approximate surface area is 169 Å². The standard InChI is InChI=1S/C21H21AsOS3/c1-16-4-10-19(11-5-16)23-22(24,25-20-12-6-17(2)7-13-20)26-21-14-8-18(3)9-15-21/h4-15H,1-3H3. The molecule has 0 fully saturated rings. The first-order valence-corrected chi connectivity index (χ1v) is 17.9. The summed E-state index contributed by atoms with van der Waals surface area (Å²) >= 11 is 0. The van der Waals surface area contributed by atoms with Crippen molar-refractivity contribution in [2.45, 2.75) is 30.6 Å². The van der Waals surface area contributed by atoms with Crippen molar-refractivity contribution in [1.82, 2.24) is 0 Å². The van der Waals surface area contributed by atoms with Crippen molar-refractivity contribution in [1.29, 1.82) is 0 Å². The van der Waals surface area contributed by atoms with Crippen molar-refractivity contribution in [3.05, 3.63) is 89.5 Å². The third kappa shape index (κ3) is 5.72. The van der Waals surface area contributed by atoms with Crippen molar-refractivity contribution in [2.75, 3.05) is 0 Å². The van der Waals surface area contributed by atoms with Gasteiger partial charge in [0, 0.05) is 0 Å². The van der Waals surface area contributed by atoms with Gasteiger partial charge in [0.1, 0.15) is 0 Å². The molecule has 0 aliphatic carbocycles. The molecule has 0 aliphatic rings. The zero-order valence-electron chi connectivity index (χ0n) is 15.0. The first-order valence-electron chi connectivity index (χ1n) is 8.31. The fourth-order valence-electron chi connectivity index (χ4n) is 2.24. The van der Waals surface area contributed by atoms with Gasteiger partial charge in [-0.2, -0.15) is 0 Å². The molecule has 0 heterocycles.